The van der Waals surface area contributed by atoms with Crippen LogP contribution in [0.15, 0.2) is 40.8 Å². The van der Waals surface area contributed by atoms with E-state index >= 15 is 0 Å². The molecule has 1 aromatic heterocycles. The van der Waals surface area contributed by atoms with Crippen LogP contribution in [0.25, 0.3) is 11.3 Å². The van der Waals surface area contributed by atoms with Crippen LogP contribution in [-0.4, -0.2) is 37.0 Å². The van der Waals surface area contributed by atoms with Gasteiger partial charge in [-0.2, -0.15) is 0 Å². The average molecular weight is 359 g/mol. The van der Waals surface area contributed by atoms with Gasteiger partial charge in [-0.1, -0.05) is 12.1 Å². The predicted molar refractivity (Wildman–Crippen MR) is 93.7 cm³/mol. The van der Waals surface area contributed by atoms with Crippen LogP contribution in [0.4, 0.5) is 4.39 Å². The summed E-state index contributed by atoms with van der Waals surface area (Å²) in [5.41, 5.74) is 0.412. The van der Waals surface area contributed by atoms with E-state index in [-0.39, 0.29) is 23.6 Å². The maximum Gasteiger partial charge on any atom is 0.308 e. The SMILES string of the molecule is COC(=O)C1CCN(C(=O)CCc2ccc(-c3ccccc3F)o2)CC1. The van der Waals surface area contributed by atoms with Gasteiger partial charge in [0.2, 0.25) is 5.91 Å². The summed E-state index contributed by atoms with van der Waals surface area (Å²) < 4.78 is 24.2. The van der Waals surface area contributed by atoms with Gasteiger partial charge in [0.15, 0.2) is 0 Å². The van der Waals surface area contributed by atoms with E-state index in [1.165, 1.54) is 13.2 Å². The van der Waals surface area contributed by atoms with E-state index in [0.29, 0.717) is 55.9 Å². The Morgan fingerprint density at radius 3 is 2.62 bits per heavy atom. The zero-order chi connectivity index (χ0) is 18.5. The van der Waals surface area contributed by atoms with Gasteiger partial charge in [0, 0.05) is 25.9 Å². The van der Waals surface area contributed by atoms with Gasteiger partial charge in [0.05, 0.1) is 18.6 Å². The first-order valence-corrected chi connectivity index (χ1v) is 8.77. The highest BCUT2D eigenvalue weighted by atomic mass is 19.1. The molecular weight excluding hydrogens is 337 g/mol. The number of carbonyl (C=O) groups is 2. The fourth-order valence-corrected chi connectivity index (χ4v) is 3.24. The van der Waals surface area contributed by atoms with Gasteiger partial charge in [0.25, 0.3) is 0 Å². The molecule has 3 rings (SSSR count). The first-order chi connectivity index (χ1) is 12.6. The Bertz CT molecular complexity index is 778. The van der Waals surface area contributed by atoms with Gasteiger partial charge < -0.3 is 14.1 Å². The summed E-state index contributed by atoms with van der Waals surface area (Å²) in [5, 5.41) is 0. The zero-order valence-electron chi connectivity index (χ0n) is 14.7. The minimum Gasteiger partial charge on any atom is -0.469 e. The molecule has 6 heteroatoms. The first-order valence-electron chi connectivity index (χ1n) is 8.77. The van der Waals surface area contributed by atoms with Crippen LogP contribution in [0.3, 0.4) is 0 Å². The number of aryl methyl sites for hydroxylation is 1. The van der Waals surface area contributed by atoms with Crippen LogP contribution >= 0.6 is 0 Å². The normalized spacial score (nSPS) is 15.1. The van der Waals surface area contributed by atoms with Gasteiger partial charge in [-0.3, -0.25) is 9.59 Å². The molecule has 1 aliphatic heterocycles. The molecule has 0 bridgehead atoms. The lowest BCUT2D eigenvalue weighted by Gasteiger charge is -2.30. The number of hydrogen-bond acceptors (Lipinski definition) is 4. The fourth-order valence-electron chi connectivity index (χ4n) is 3.24. The quantitative estimate of drug-likeness (QED) is 0.768. The molecule has 0 radical (unpaired) electrons. The number of hydrogen-bond donors (Lipinski definition) is 0. The van der Waals surface area contributed by atoms with Crippen LogP contribution in [-0.2, 0) is 20.7 Å². The van der Waals surface area contributed by atoms with Crippen molar-refractivity contribution in [2.45, 2.75) is 25.7 Å². The van der Waals surface area contributed by atoms with Crippen molar-refractivity contribution in [2.75, 3.05) is 20.2 Å². The second-order valence-corrected chi connectivity index (χ2v) is 6.42. The van der Waals surface area contributed by atoms with E-state index < -0.39 is 0 Å². The number of piperidine rings is 1. The van der Waals surface area contributed by atoms with Crippen LogP contribution in [0.2, 0.25) is 0 Å². The van der Waals surface area contributed by atoms with Gasteiger partial charge in [-0.25, -0.2) is 4.39 Å². The molecule has 1 fully saturated rings. The van der Waals surface area contributed by atoms with E-state index in [9.17, 15) is 14.0 Å². The van der Waals surface area contributed by atoms with Crippen LogP contribution in [0, 0.1) is 11.7 Å². The molecule has 0 N–H and O–H groups in total. The number of nitrogens with zero attached hydrogens (tertiary/aromatic N) is 1. The Kier molecular flexibility index (Phi) is 5.71. The molecular formula is C20H22FNO4. The van der Waals surface area contributed by atoms with Crippen molar-refractivity contribution in [3.05, 3.63) is 48.0 Å². The molecule has 0 atom stereocenters. The molecule has 0 spiro atoms. The van der Waals surface area contributed by atoms with Crippen molar-refractivity contribution >= 4 is 11.9 Å². The number of benzene rings is 1. The van der Waals surface area contributed by atoms with Crippen molar-refractivity contribution in [2.24, 2.45) is 5.92 Å². The molecule has 0 aliphatic carbocycles. The summed E-state index contributed by atoms with van der Waals surface area (Å²) in [7, 11) is 1.39. The summed E-state index contributed by atoms with van der Waals surface area (Å²) in [6.07, 6.45) is 2.06. The Balaban J connectivity index is 1.51. The lowest BCUT2D eigenvalue weighted by molar-refractivity contribution is -0.148. The Morgan fingerprint density at radius 2 is 1.92 bits per heavy atom. The third-order valence-electron chi connectivity index (χ3n) is 4.77. The highest BCUT2D eigenvalue weighted by molar-refractivity contribution is 5.77. The summed E-state index contributed by atoms with van der Waals surface area (Å²) in [6.45, 7) is 1.13. The van der Waals surface area contributed by atoms with E-state index in [2.05, 4.69) is 0 Å². The molecule has 0 saturated carbocycles. The van der Waals surface area contributed by atoms with E-state index in [1.807, 2.05) is 0 Å². The number of carbonyl (C=O) groups excluding carboxylic acids is 2. The van der Waals surface area contributed by atoms with E-state index in [1.54, 1.807) is 35.2 Å². The van der Waals surface area contributed by atoms with Crippen molar-refractivity contribution in [1.29, 1.82) is 0 Å². The molecule has 1 aliphatic rings. The second-order valence-electron chi connectivity index (χ2n) is 6.42. The molecule has 1 saturated heterocycles. The summed E-state index contributed by atoms with van der Waals surface area (Å²) >= 11 is 0. The number of ether oxygens (including phenoxy) is 1. The Morgan fingerprint density at radius 1 is 1.19 bits per heavy atom. The van der Waals surface area contributed by atoms with Crippen molar-refractivity contribution in [3.8, 4) is 11.3 Å². The van der Waals surface area contributed by atoms with Gasteiger partial charge >= 0.3 is 5.97 Å². The smallest absolute Gasteiger partial charge is 0.308 e. The van der Waals surface area contributed by atoms with E-state index in [0.717, 1.165) is 0 Å². The third-order valence-corrected chi connectivity index (χ3v) is 4.77. The van der Waals surface area contributed by atoms with E-state index in [4.69, 9.17) is 9.15 Å². The fraction of sp³-hybridized carbons (Fsp3) is 0.400. The Labute approximate surface area is 151 Å². The summed E-state index contributed by atoms with van der Waals surface area (Å²) in [4.78, 5) is 25.7. The van der Waals surface area contributed by atoms with Crippen LogP contribution in [0.5, 0.6) is 0 Å². The first kappa shape index (κ1) is 18.2. The standard InChI is InChI=1S/C20H22FNO4/c1-25-20(24)14-10-12-22(13-11-14)19(23)9-7-15-6-8-18(26-15)16-4-2-3-5-17(16)21/h2-6,8,14H,7,9-13H2,1H3. The van der Waals surface area contributed by atoms with Crippen molar-refractivity contribution in [3.63, 3.8) is 0 Å². The highest BCUT2D eigenvalue weighted by Gasteiger charge is 2.27. The maximum atomic E-state index is 13.8. The number of halogens is 1. The van der Waals surface area contributed by atoms with Gasteiger partial charge in [-0.05, 0) is 37.1 Å². The predicted octanol–water partition coefficient (Wildman–Crippen LogP) is 3.43. The van der Waals surface area contributed by atoms with Crippen molar-refractivity contribution < 1.29 is 23.1 Å². The molecule has 1 amide bonds. The number of methoxy groups -OCH3 is 1. The minimum absolute atomic E-state index is 0.0390. The molecule has 138 valence electrons. The van der Waals surface area contributed by atoms with Crippen LogP contribution in [0.1, 0.15) is 25.0 Å². The highest BCUT2D eigenvalue weighted by Crippen LogP contribution is 2.25. The lowest BCUT2D eigenvalue weighted by atomic mass is 9.97. The molecule has 2 aromatic rings. The van der Waals surface area contributed by atoms with Crippen LogP contribution < -0.4 is 0 Å². The number of esters is 1. The summed E-state index contributed by atoms with van der Waals surface area (Å²) in [6, 6.07) is 9.93. The molecule has 26 heavy (non-hydrogen) atoms. The molecule has 5 nitrogen and oxygen atoms in total. The molecule has 0 unspecified atom stereocenters. The second kappa shape index (κ2) is 8.17. The molecule has 2 heterocycles. The molecule has 1 aromatic carbocycles. The maximum absolute atomic E-state index is 13.8. The minimum atomic E-state index is -0.335. The topological polar surface area (TPSA) is 59.8 Å². The summed E-state index contributed by atoms with van der Waals surface area (Å²) in [5.74, 6) is 0.506. The monoisotopic (exact) mass is 359 g/mol. The van der Waals surface area contributed by atoms with Gasteiger partial charge in [0.1, 0.15) is 17.3 Å². The Hall–Kier alpha value is -2.63. The van der Waals surface area contributed by atoms with Crippen molar-refractivity contribution in [1.82, 2.24) is 4.90 Å². The number of furan rings is 1. The third kappa shape index (κ3) is 4.12. The number of rotatable bonds is 5. The largest absolute Gasteiger partial charge is 0.469 e. The number of amides is 1. The number of likely N-dealkylation sites (tertiary alicyclic amines) is 1. The zero-order valence-corrected chi connectivity index (χ0v) is 14.7. The lowest BCUT2D eigenvalue weighted by Crippen LogP contribution is -2.40. The van der Waals surface area contributed by atoms with Gasteiger partial charge in [-0.15, -0.1) is 0 Å². The average Bonchev–Trinajstić information content (AvgIpc) is 3.14.